The second kappa shape index (κ2) is 4.85. The topological polar surface area (TPSA) is 54.4 Å². The molecule has 0 saturated heterocycles. The first-order valence-corrected chi connectivity index (χ1v) is 7.05. The first-order valence-electron chi connectivity index (χ1n) is 7.05. The van der Waals surface area contributed by atoms with Crippen LogP contribution in [0.15, 0.2) is 54.6 Å². The van der Waals surface area contributed by atoms with Gasteiger partial charge in [0.05, 0.1) is 5.41 Å². The van der Waals surface area contributed by atoms with Gasteiger partial charge < -0.3 is 5.11 Å². The molecule has 0 heterocycles. The fourth-order valence-corrected chi connectivity index (χ4v) is 3.49. The van der Waals surface area contributed by atoms with Gasteiger partial charge in [-0.25, -0.2) is 0 Å². The average Bonchev–Trinajstić information content (AvgIpc) is 2.77. The van der Waals surface area contributed by atoms with Gasteiger partial charge in [-0.15, -0.1) is 0 Å². The van der Waals surface area contributed by atoms with Gasteiger partial charge in [0.15, 0.2) is 5.78 Å². The van der Waals surface area contributed by atoms with E-state index in [1.165, 1.54) is 0 Å². The fraction of sp³-hybridized carbons (Fsp3) is 0.222. The van der Waals surface area contributed by atoms with E-state index in [0.29, 0.717) is 12.0 Å². The zero-order valence-electron chi connectivity index (χ0n) is 11.7. The lowest BCUT2D eigenvalue weighted by Gasteiger charge is -2.28. The maximum absolute atomic E-state index is 13.0. The van der Waals surface area contributed by atoms with Gasteiger partial charge in [0.1, 0.15) is 5.92 Å². The first-order chi connectivity index (χ1) is 10.1. The van der Waals surface area contributed by atoms with Gasteiger partial charge in [0.2, 0.25) is 0 Å². The Balaban J connectivity index is 2.32. The van der Waals surface area contributed by atoms with Gasteiger partial charge in [-0.05, 0) is 23.1 Å². The molecule has 106 valence electrons. The lowest BCUT2D eigenvalue weighted by Crippen LogP contribution is -2.35. The van der Waals surface area contributed by atoms with E-state index in [4.69, 9.17) is 0 Å². The van der Waals surface area contributed by atoms with Gasteiger partial charge in [-0.1, -0.05) is 61.5 Å². The highest BCUT2D eigenvalue weighted by Crippen LogP contribution is 2.49. The van der Waals surface area contributed by atoms with E-state index in [2.05, 4.69) is 0 Å². The van der Waals surface area contributed by atoms with E-state index in [-0.39, 0.29) is 5.78 Å². The zero-order valence-corrected chi connectivity index (χ0v) is 11.7. The molecule has 0 aromatic heterocycles. The lowest BCUT2D eigenvalue weighted by molar-refractivity contribution is -0.143. The van der Waals surface area contributed by atoms with Crippen LogP contribution in [0.1, 0.15) is 36.0 Å². The first kappa shape index (κ1) is 13.6. The molecule has 2 aromatic rings. The Morgan fingerprint density at radius 1 is 1.10 bits per heavy atom. The molecule has 0 spiro atoms. The normalized spacial score (nSPS) is 23.9. The number of carbonyl (C=O) groups is 2. The van der Waals surface area contributed by atoms with Crippen molar-refractivity contribution in [1.29, 1.82) is 0 Å². The molecule has 1 aliphatic rings. The highest BCUT2D eigenvalue weighted by molar-refractivity contribution is 6.14. The number of aliphatic carboxylic acids is 1. The molecule has 1 N–H and O–H groups in total. The van der Waals surface area contributed by atoms with E-state index in [1.807, 2.05) is 49.4 Å². The smallest absolute Gasteiger partial charge is 0.318 e. The molecular weight excluding hydrogens is 264 g/mol. The summed E-state index contributed by atoms with van der Waals surface area (Å²) in [5, 5.41) is 9.48. The van der Waals surface area contributed by atoms with Gasteiger partial charge in [0, 0.05) is 0 Å². The SMILES string of the molecule is CC[C@@]1(c2ccccc2)C(=O)C(C(=O)O)c2ccccc21. The van der Waals surface area contributed by atoms with Gasteiger partial charge in [-0.2, -0.15) is 0 Å². The fourth-order valence-electron chi connectivity index (χ4n) is 3.49. The number of carboxylic acids is 1. The summed E-state index contributed by atoms with van der Waals surface area (Å²) < 4.78 is 0. The van der Waals surface area contributed by atoms with Crippen molar-refractivity contribution in [2.45, 2.75) is 24.7 Å². The van der Waals surface area contributed by atoms with Crippen molar-refractivity contribution in [1.82, 2.24) is 0 Å². The van der Waals surface area contributed by atoms with E-state index >= 15 is 0 Å². The molecule has 0 aliphatic heterocycles. The van der Waals surface area contributed by atoms with E-state index in [0.717, 1.165) is 11.1 Å². The third-order valence-corrected chi connectivity index (χ3v) is 4.46. The maximum Gasteiger partial charge on any atom is 0.318 e. The van der Waals surface area contributed by atoms with Crippen molar-refractivity contribution < 1.29 is 14.7 Å². The second-order valence-corrected chi connectivity index (χ2v) is 5.35. The van der Waals surface area contributed by atoms with Crippen LogP contribution in [0.2, 0.25) is 0 Å². The minimum absolute atomic E-state index is 0.232. The molecule has 0 radical (unpaired) electrons. The number of ketones is 1. The van der Waals surface area contributed by atoms with Crippen LogP contribution < -0.4 is 0 Å². The van der Waals surface area contributed by atoms with Crippen molar-refractivity contribution in [2.75, 3.05) is 0 Å². The summed E-state index contributed by atoms with van der Waals surface area (Å²) in [6, 6.07) is 16.8. The van der Waals surface area contributed by atoms with Gasteiger partial charge >= 0.3 is 5.97 Å². The second-order valence-electron chi connectivity index (χ2n) is 5.35. The van der Waals surface area contributed by atoms with Crippen molar-refractivity contribution in [3.8, 4) is 0 Å². The molecule has 3 rings (SSSR count). The number of carboxylic acid groups (broad SMARTS) is 1. The summed E-state index contributed by atoms with van der Waals surface area (Å²) in [7, 11) is 0. The Morgan fingerprint density at radius 2 is 1.71 bits per heavy atom. The van der Waals surface area contributed by atoms with Crippen LogP contribution in [0.3, 0.4) is 0 Å². The van der Waals surface area contributed by atoms with Gasteiger partial charge in [0.25, 0.3) is 0 Å². The number of hydrogen-bond donors (Lipinski definition) is 1. The monoisotopic (exact) mass is 280 g/mol. The molecule has 1 unspecified atom stereocenters. The molecule has 0 bridgehead atoms. The number of benzene rings is 2. The average molecular weight is 280 g/mol. The lowest BCUT2D eigenvalue weighted by atomic mass is 9.72. The minimum Gasteiger partial charge on any atom is -0.480 e. The zero-order chi connectivity index (χ0) is 15.0. The standard InChI is InChI=1S/C18H16O3/c1-2-18(12-8-4-3-5-9-12)14-11-7-6-10-13(14)15(16(18)19)17(20)21/h3-11,15H,2H2,1H3,(H,20,21)/t15?,18-/m0/s1. The number of Topliss-reactive ketones (excluding diaryl/α,β-unsaturated/α-hetero) is 1. The Kier molecular flexibility index (Phi) is 3.13. The summed E-state index contributed by atoms with van der Waals surface area (Å²) in [4.78, 5) is 24.6. The quantitative estimate of drug-likeness (QED) is 0.879. The number of hydrogen-bond acceptors (Lipinski definition) is 2. The Bertz CT molecular complexity index is 705. The summed E-state index contributed by atoms with van der Waals surface area (Å²) in [5.74, 6) is -2.37. The van der Waals surface area contributed by atoms with Gasteiger partial charge in [-0.3, -0.25) is 9.59 Å². The van der Waals surface area contributed by atoms with E-state index in [9.17, 15) is 14.7 Å². The third kappa shape index (κ3) is 1.74. The van der Waals surface area contributed by atoms with Crippen LogP contribution in [-0.4, -0.2) is 16.9 Å². The number of carbonyl (C=O) groups excluding carboxylic acids is 1. The highest BCUT2D eigenvalue weighted by atomic mass is 16.4. The summed E-state index contributed by atoms with van der Waals surface area (Å²) in [5.41, 5.74) is 1.48. The Morgan fingerprint density at radius 3 is 2.33 bits per heavy atom. The molecule has 21 heavy (non-hydrogen) atoms. The molecule has 2 atom stereocenters. The summed E-state index contributed by atoms with van der Waals surface area (Å²) in [6.07, 6.45) is 0.552. The molecule has 0 fully saturated rings. The van der Waals surface area contributed by atoms with Crippen molar-refractivity contribution in [3.05, 3.63) is 71.3 Å². The van der Waals surface area contributed by atoms with Crippen LogP contribution >= 0.6 is 0 Å². The van der Waals surface area contributed by atoms with Crippen molar-refractivity contribution in [2.24, 2.45) is 0 Å². The minimum atomic E-state index is -1.07. The van der Waals surface area contributed by atoms with Crippen LogP contribution in [0.25, 0.3) is 0 Å². The Labute approximate surface area is 123 Å². The molecule has 3 nitrogen and oxygen atoms in total. The van der Waals surface area contributed by atoms with Crippen LogP contribution in [0.4, 0.5) is 0 Å². The highest BCUT2D eigenvalue weighted by Gasteiger charge is 2.53. The molecule has 3 heteroatoms. The third-order valence-electron chi connectivity index (χ3n) is 4.46. The van der Waals surface area contributed by atoms with E-state index in [1.54, 1.807) is 12.1 Å². The summed E-state index contributed by atoms with van der Waals surface area (Å²) >= 11 is 0. The summed E-state index contributed by atoms with van der Waals surface area (Å²) in [6.45, 7) is 1.94. The molecule has 2 aromatic carbocycles. The largest absolute Gasteiger partial charge is 0.480 e. The van der Waals surface area contributed by atoms with Crippen LogP contribution in [0.5, 0.6) is 0 Å². The van der Waals surface area contributed by atoms with E-state index < -0.39 is 17.3 Å². The predicted octanol–water partition coefficient (Wildman–Crippen LogP) is 3.13. The van der Waals surface area contributed by atoms with Crippen LogP contribution in [0, 0.1) is 0 Å². The van der Waals surface area contributed by atoms with Crippen LogP contribution in [-0.2, 0) is 15.0 Å². The Hall–Kier alpha value is -2.42. The molecule has 0 amide bonds. The number of rotatable bonds is 3. The van der Waals surface area contributed by atoms with Crippen molar-refractivity contribution in [3.63, 3.8) is 0 Å². The predicted molar refractivity (Wildman–Crippen MR) is 79.3 cm³/mol. The number of fused-ring (bicyclic) bond motifs is 1. The van der Waals surface area contributed by atoms with Crippen molar-refractivity contribution >= 4 is 11.8 Å². The molecule has 0 saturated carbocycles. The maximum atomic E-state index is 13.0. The molecule has 1 aliphatic carbocycles. The molecular formula is C18H16O3.